The first-order valence-electron chi connectivity index (χ1n) is 6.82. The molecule has 3 unspecified atom stereocenters. The highest BCUT2D eigenvalue weighted by molar-refractivity contribution is 5.85. The minimum atomic E-state index is 0. The first-order chi connectivity index (χ1) is 8.16. The molecule has 0 spiro atoms. The zero-order chi connectivity index (χ0) is 12.3. The van der Waals surface area contributed by atoms with Crippen LogP contribution in [0.5, 0.6) is 0 Å². The van der Waals surface area contributed by atoms with Crippen LogP contribution in [-0.2, 0) is 9.53 Å². The predicted octanol–water partition coefficient (Wildman–Crippen LogP) is 1.56. The van der Waals surface area contributed by atoms with Gasteiger partial charge in [0.1, 0.15) is 0 Å². The summed E-state index contributed by atoms with van der Waals surface area (Å²) in [6.45, 7) is 4.57. The summed E-state index contributed by atoms with van der Waals surface area (Å²) in [6, 6.07) is 0.255. The minimum Gasteiger partial charge on any atom is -0.378 e. The van der Waals surface area contributed by atoms with Crippen LogP contribution >= 0.6 is 12.4 Å². The molecular formula is C13H25ClN2O2. The molecule has 2 saturated heterocycles. The lowest BCUT2D eigenvalue weighted by molar-refractivity contribution is -0.137. The van der Waals surface area contributed by atoms with E-state index in [2.05, 4.69) is 6.92 Å². The van der Waals surface area contributed by atoms with Crippen LogP contribution in [0.25, 0.3) is 0 Å². The Labute approximate surface area is 116 Å². The highest BCUT2D eigenvalue weighted by Crippen LogP contribution is 2.20. The number of hydrogen-bond donors (Lipinski definition) is 1. The van der Waals surface area contributed by atoms with E-state index in [9.17, 15) is 4.79 Å². The van der Waals surface area contributed by atoms with Gasteiger partial charge in [0.2, 0.25) is 5.91 Å². The predicted molar refractivity (Wildman–Crippen MR) is 73.8 cm³/mol. The van der Waals surface area contributed by atoms with E-state index in [0.29, 0.717) is 12.3 Å². The Morgan fingerprint density at radius 2 is 2.17 bits per heavy atom. The number of nitrogens with zero attached hydrogens (tertiary/aromatic N) is 1. The van der Waals surface area contributed by atoms with Crippen LogP contribution < -0.4 is 5.73 Å². The third-order valence-electron chi connectivity index (χ3n) is 4.00. The third kappa shape index (κ3) is 4.11. The fraction of sp³-hybridized carbons (Fsp3) is 0.923. The Morgan fingerprint density at radius 3 is 2.78 bits per heavy atom. The van der Waals surface area contributed by atoms with Crippen molar-refractivity contribution in [3.63, 3.8) is 0 Å². The summed E-state index contributed by atoms with van der Waals surface area (Å²) < 4.78 is 5.62. The molecule has 18 heavy (non-hydrogen) atoms. The van der Waals surface area contributed by atoms with Crippen LogP contribution in [0.4, 0.5) is 0 Å². The quantitative estimate of drug-likeness (QED) is 0.833. The number of carbonyl (C=O) groups is 1. The summed E-state index contributed by atoms with van der Waals surface area (Å²) in [5.41, 5.74) is 5.96. The lowest BCUT2D eigenvalue weighted by Gasteiger charge is -2.36. The van der Waals surface area contributed by atoms with E-state index in [1.165, 1.54) is 6.42 Å². The van der Waals surface area contributed by atoms with Crippen LogP contribution in [0, 0.1) is 5.92 Å². The van der Waals surface area contributed by atoms with Crippen LogP contribution in [0.3, 0.4) is 0 Å². The third-order valence-corrected chi connectivity index (χ3v) is 4.00. The van der Waals surface area contributed by atoms with Crippen molar-refractivity contribution in [2.45, 2.75) is 51.2 Å². The second kappa shape index (κ2) is 7.31. The number of piperidine rings is 1. The Balaban J connectivity index is 0.00000162. The van der Waals surface area contributed by atoms with Crippen LogP contribution in [0.1, 0.15) is 39.0 Å². The van der Waals surface area contributed by atoms with Crippen LogP contribution in [-0.4, -0.2) is 42.6 Å². The van der Waals surface area contributed by atoms with E-state index in [-0.39, 0.29) is 30.5 Å². The molecule has 2 heterocycles. The maximum Gasteiger partial charge on any atom is 0.225 e. The summed E-state index contributed by atoms with van der Waals surface area (Å²) >= 11 is 0. The van der Waals surface area contributed by atoms with Crippen molar-refractivity contribution >= 4 is 18.3 Å². The molecule has 0 aromatic heterocycles. The fourth-order valence-corrected chi connectivity index (χ4v) is 2.68. The molecule has 4 nitrogen and oxygen atoms in total. The Hall–Kier alpha value is -0.320. The maximum atomic E-state index is 12.1. The maximum absolute atomic E-state index is 12.1. The van der Waals surface area contributed by atoms with E-state index in [4.69, 9.17) is 10.5 Å². The number of nitrogens with two attached hydrogens (primary N) is 1. The molecule has 0 aliphatic carbocycles. The van der Waals surface area contributed by atoms with Gasteiger partial charge < -0.3 is 15.4 Å². The van der Waals surface area contributed by atoms with E-state index in [0.717, 1.165) is 39.0 Å². The summed E-state index contributed by atoms with van der Waals surface area (Å²) in [5.74, 6) is 0.663. The lowest BCUT2D eigenvalue weighted by atomic mass is 9.94. The first-order valence-corrected chi connectivity index (χ1v) is 6.82. The molecule has 106 valence electrons. The molecule has 0 bridgehead atoms. The normalized spacial score (nSPS) is 32.8. The van der Waals surface area contributed by atoms with E-state index < -0.39 is 0 Å². The van der Waals surface area contributed by atoms with Crippen molar-refractivity contribution in [1.82, 2.24) is 4.90 Å². The van der Waals surface area contributed by atoms with Crippen molar-refractivity contribution in [3.8, 4) is 0 Å². The van der Waals surface area contributed by atoms with Gasteiger partial charge in [-0.05, 0) is 31.6 Å². The number of ether oxygens (including phenoxy) is 1. The van der Waals surface area contributed by atoms with E-state index in [1.54, 1.807) is 0 Å². The molecular weight excluding hydrogens is 252 g/mol. The number of amides is 1. The van der Waals surface area contributed by atoms with Gasteiger partial charge >= 0.3 is 0 Å². The van der Waals surface area contributed by atoms with Gasteiger partial charge in [-0.15, -0.1) is 12.4 Å². The van der Waals surface area contributed by atoms with Gasteiger partial charge in [0.25, 0.3) is 0 Å². The molecule has 0 saturated carbocycles. The van der Waals surface area contributed by atoms with Crippen molar-refractivity contribution in [3.05, 3.63) is 0 Å². The minimum absolute atomic E-state index is 0. The summed E-state index contributed by atoms with van der Waals surface area (Å²) in [5, 5.41) is 0. The summed E-state index contributed by atoms with van der Waals surface area (Å²) in [7, 11) is 0. The highest BCUT2D eigenvalue weighted by atomic mass is 35.5. The molecule has 5 heteroatoms. The second-order valence-electron chi connectivity index (χ2n) is 5.46. The van der Waals surface area contributed by atoms with Gasteiger partial charge in [-0.3, -0.25) is 4.79 Å². The van der Waals surface area contributed by atoms with Crippen LogP contribution in [0.2, 0.25) is 0 Å². The Kier molecular flexibility index (Phi) is 6.39. The topological polar surface area (TPSA) is 55.6 Å². The van der Waals surface area contributed by atoms with Gasteiger partial charge in [0.15, 0.2) is 0 Å². The van der Waals surface area contributed by atoms with Crippen molar-refractivity contribution in [1.29, 1.82) is 0 Å². The molecule has 0 radical (unpaired) electrons. The number of hydrogen-bond acceptors (Lipinski definition) is 3. The van der Waals surface area contributed by atoms with Crippen molar-refractivity contribution in [2.24, 2.45) is 11.7 Å². The molecule has 0 aromatic carbocycles. The Morgan fingerprint density at radius 1 is 1.39 bits per heavy atom. The number of halogens is 1. The SMILES string of the molecule is CC1CN(C(=O)CC2CCCCO2)CCC1N.Cl. The second-order valence-corrected chi connectivity index (χ2v) is 5.46. The fourth-order valence-electron chi connectivity index (χ4n) is 2.68. The van der Waals surface area contributed by atoms with E-state index in [1.807, 2.05) is 4.90 Å². The Bertz CT molecular complexity index is 270. The molecule has 0 aromatic rings. The largest absolute Gasteiger partial charge is 0.378 e. The molecule has 1 amide bonds. The van der Waals surface area contributed by atoms with Crippen molar-refractivity contribution < 1.29 is 9.53 Å². The lowest BCUT2D eigenvalue weighted by Crippen LogP contribution is -2.48. The molecule has 2 N–H and O–H groups in total. The van der Waals surface area contributed by atoms with Gasteiger partial charge in [-0.2, -0.15) is 0 Å². The summed E-state index contributed by atoms with van der Waals surface area (Å²) in [6.07, 6.45) is 5.01. The molecule has 3 atom stereocenters. The van der Waals surface area contributed by atoms with Gasteiger partial charge in [-0.1, -0.05) is 6.92 Å². The average molecular weight is 277 g/mol. The zero-order valence-corrected chi connectivity index (χ0v) is 12.0. The van der Waals surface area contributed by atoms with E-state index >= 15 is 0 Å². The zero-order valence-electron chi connectivity index (χ0n) is 11.1. The highest BCUT2D eigenvalue weighted by Gasteiger charge is 2.28. The summed E-state index contributed by atoms with van der Waals surface area (Å²) in [4.78, 5) is 14.1. The average Bonchev–Trinajstić information content (AvgIpc) is 2.34. The molecule has 2 fully saturated rings. The van der Waals surface area contributed by atoms with Crippen molar-refractivity contribution in [2.75, 3.05) is 19.7 Å². The number of carbonyl (C=O) groups excluding carboxylic acids is 1. The standard InChI is InChI=1S/C13H24N2O2.ClH/c1-10-9-15(6-5-12(10)14)13(16)8-11-4-2-3-7-17-11;/h10-12H,2-9,14H2,1H3;1H. The van der Waals surface area contributed by atoms with Gasteiger partial charge in [-0.25, -0.2) is 0 Å². The van der Waals surface area contributed by atoms with Crippen LogP contribution in [0.15, 0.2) is 0 Å². The smallest absolute Gasteiger partial charge is 0.225 e. The number of rotatable bonds is 2. The molecule has 2 aliphatic rings. The molecule has 2 aliphatic heterocycles. The van der Waals surface area contributed by atoms with Gasteiger partial charge in [0.05, 0.1) is 12.5 Å². The molecule has 2 rings (SSSR count). The van der Waals surface area contributed by atoms with Gasteiger partial charge in [0, 0.05) is 25.7 Å². The monoisotopic (exact) mass is 276 g/mol. The first kappa shape index (κ1) is 15.7. The number of likely N-dealkylation sites (tertiary alicyclic amines) is 1.